The topological polar surface area (TPSA) is 111 Å². The number of nitrogens with zero attached hydrogens (tertiary/aromatic N) is 4. The molecule has 0 radical (unpaired) electrons. The molecule has 0 bridgehead atoms. The molecule has 0 atom stereocenters. The molecule has 0 saturated heterocycles. The molecule has 0 N–H and O–H groups in total. The van der Waals surface area contributed by atoms with Crippen LogP contribution in [0, 0.1) is 20.2 Å². The molecule has 0 aliphatic carbocycles. The maximum atomic E-state index is 10.5. The highest BCUT2D eigenvalue weighted by atomic mass is 32.1. The van der Waals surface area contributed by atoms with Gasteiger partial charge in [-0.15, -0.1) is 0 Å². The van der Waals surface area contributed by atoms with Crippen LogP contribution in [0.25, 0.3) is 0 Å². The van der Waals surface area contributed by atoms with Crippen molar-refractivity contribution in [3.05, 3.63) is 54.2 Å². The molecule has 0 saturated carbocycles. The third-order valence-electron chi connectivity index (χ3n) is 2.05. The van der Waals surface area contributed by atoms with E-state index in [4.69, 9.17) is 0 Å². The summed E-state index contributed by atoms with van der Waals surface area (Å²) in [5.41, 5.74) is 1.16. The smallest absolute Gasteiger partial charge is 0.258 e. The lowest BCUT2D eigenvalue weighted by Gasteiger charge is -1.81. The Morgan fingerprint density at radius 2 is 1.30 bits per heavy atom. The molecular weight excluding hydrogens is 304 g/mol. The molecule has 8 nitrogen and oxygen atoms in total. The molecule has 0 aliphatic heterocycles. The van der Waals surface area contributed by atoms with Gasteiger partial charge in [0.15, 0.2) is 0 Å². The number of thiophene rings is 2. The average Bonchev–Trinajstić information content (AvgIpc) is 3.04. The predicted molar refractivity (Wildman–Crippen MR) is 77.1 cm³/mol. The van der Waals surface area contributed by atoms with Gasteiger partial charge in [0, 0.05) is 34.0 Å². The Labute approximate surface area is 120 Å². The van der Waals surface area contributed by atoms with E-state index in [1.807, 2.05) is 0 Å². The number of nitro groups is 2. The minimum atomic E-state index is -0.476. The fourth-order valence-corrected chi connectivity index (χ4v) is 2.56. The number of hydrogen-bond acceptors (Lipinski definition) is 8. The summed E-state index contributed by atoms with van der Waals surface area (Å²) in [4.78, 5) is 20.0. The van der Waals surface area contributed by atoms with Gasteiger partial charge in [-0.25, -0.2) is 0 Å². The Morgan fingerprint density at radius 1 is 0.900 bits per heavy atom. The maximum Gasteiger partial charge on any atom is 0.324 e. The van der Waals surface area contributed by atoms with Crippen LogP contribution in [0.5, 0.6) is 0 Å². The second-order valence-electron chi connectivity index (χ2n) is 3.44. The molecule has 0 aliphatic rings. The maximum absolute atomic E-state index is 10.5. The molecule has 2 aromatic heterocycles. The molecular formula is C10H6N4O4S2. The van der Waals surface area contributed by atoms with Crippen molar-refractivity contribution in [2.75, 3.05) is 0 Å². The highest BCUT2D eigenvalue weighted by Crippen LogP contribution is 2.22. The fourth-order valence-electron chi connectivity index (χ4n) is 1.20. The van der Waals surface area contributed by atoms with E-state index in [0.717, 1.165) is 22.7 Å². The molecule has 0 unspecified atom stereocenters. The molecule has 0 aromatic carbocycles. The van der Waals surface area contributed by atoms with E-state index >= 15 is 0 Å². The van der Waals surface area contributed by atoms with Crippen molar-refractivity contribution in [1.82, 2.24) is 0 Å². The average molecular weight is 310 g/mol. The van der Waals surface area contributed by atoms with Crippen molar-refractivity contribution in [3.63, 3.8) is 0 Å². The predicted octanol–water partition coefficient (Wildman–Crippen LogP) is 3.08. The second-order valence-corrected chi connectivity index (χ2v) is 5.22. The molecule has 10 heteroatoms. The largest absolute Gasteiger partial charge is 0.324 e. The van der Waals surface area contributed by atoms with Crippen molar-refractivity contribution >= 4 is 45.1 Å². The minimum absolute atomic E-state index is 0.0314. The van der Waals surface area contributed by atoms with Crippen LogP contribution in [-0.2, 0) is 0 Å². The van der Waals surface area contributed by atoms with Crippen molar-refractivity contribution in [2.45, 2.75) is 0 Å². The zero-order chi connectivity index (χ0) is 14.5. The van der Waals surface area contributed by atoms with Gasteiger partial charge in [-0.3, -0.25) is 20.2 Å². The Balaban J connectivity index is 1.99. The number of hydrogen-bond donors (Lipinski definition) is 0. The Kier molecular flexibility index (Phi) is 4.27. The van der Waals surface area contributed by atoms with Crippen LogP contribution in [0.2, 0.25) is 0 Å². The van der Waals surface area contributed by atoms with E-state index in [2.05, 4.69) is 10.2 Å². The summed E-state index contributed by atoms with van der Waals surface area (Å²) in [6, 6.07) is 2.78. The van der Waals surface area contributed by atoms with Gasteiger partial charge in [0.2, 0.25) is 0 Å². The molecule has 2 heterocycles. The van der Waals surface area contributed by atoms with Crippen LogP contribution < -0.4 is 0 Å². The SMILES string of the molecule is O=[N+]([O-])c1cc(/C=N\N=C/c2csc([N+](=O)[O-])c2)cs1. The van der Waals surface area contributed by atoms with E-state index in [1.165, 1.54) is 24.6 Å². The van der Waals surface area contributed by atoms with E-state index in [-0.39, 0.29) is 10.0 Å². The second kappa shape index (κ2) is 6.12. The third-order valence-corrected chi connectivity index (χ3v) is 3.85. The van der Waals surface area contributed by atoms with Crippen LogP contribution >= 0.6 is 22.7 Å². The monoisotopic (exact) mass is 310 g/mol. The van der Waals surface area contributed by atoms with Crippen molar-refractivity contribution in [3.8, 4) is 0 Å². The van der Waals surface area contributed by atoms with Gasteiger partial charge >= 0.3 is 10.0 Å². The first-order valence-corrected chi connectivity index (χ1v) is 6.84. The Morgan fingerprint density at radius 3 is 1.60 bits per heavy atom. The standard InChI is InChI=1S/C10H6N4O4S2/c15-13(16)9-1-7(5-19-9)3-11-12-4-8-2-10(14(17)18)20-6-8/h1-6H/b11-3-,12-4-. The summed E-state index contributed by atoms with van der Waals surface area (Å²) < 4.78 is 0. The van der Waals surface area contributed by atoms with Gasteiger partial charge in [0.25, 0.3) is 0 Å². The first kappa shape index (κ1) is 14.0. The Hall–Kier alpha value is -2.46. The van der Waals surface area contributed by atoms with Gasteiger partial charge in [0.1, 0.15) is 0 Å². The van der Waals surface area contributed by atoms with Crippen LogP contribution in [0.15, 0.2) is 33.1 Å². The molecule has 20 heavy (non-hydrogen) atoms. The molecule has 2 rings (SSSR count). The lowest BCUT2D eigenvalue weighted by atomic mass is 10.4. The van der Waals surface area contributed by atoms with Crippen LogP contribution in [0.1, 0.15) is 11.1 Å². The summed E-state index contributed by atoms with van der Waals surface area (Å²) in [5, 5.41) is 31.6. The molecule has 0 fully saturated rings. The fraction of sp³-hybridized carbons (Fsp3) is 0. The molecule has 0 spiro atoms. The minimum Gasteiger partial charge on any atom is -0.258 e. The first-order valence-electron chi connectivity index (χ1n) is 5.08. The zero-order valence-electron chi connectivity index (χ0n) is 9.70. The quantitative estimate of drug-likeness (QED) is 0.480. The van der Waals surface area contributed by atoms with E-state index < -0.39 is 9.85 Å². The highest BCUT2D eigenvalue weighted by molar-refractivity contribution is 7.13. The van der Waals surface area contributed by atoms with E-state index in [0.29, 0.717) is 11.1 Å². The Bertz CT molecular complexity index is 643. The van der Waals surface area contributed by atoms with Gasteiger partial charge in [-0.2, -0.15) is 10.2 Å². The van der Waals surface area contributed by atoms with Crippen LogP contribution in [0.3, 0.4) is 0 Å². The van der Waals surface area contributed by atoms with Crippen molar-refractivity contribution < 1.29 is 9.85 Å². The van der Waals surface area contributed by atoms with Gasteiger partial charge in [-0.1, -0.05) is 22.7 Å². The first-order chi connectivity index (χ1) is 9.56. The zero-order valence-corrected chi connectivity index (χ0v) is 11.3. The van der Waals surface area contributed by atoms with Crippen molar-refractivity contribution in [2.24, 2.45) is 10.2 Å². The molecule has 102 valence electrons. The van der Waals surface area contributed by atoms with E-state index in [1.54, 1.807) is 10.8 Å². The van der Waals surface area contributed by atoms with Crippen molar-refractivity contribution in [1.29, 1.82) is 0 Å². The molecule has 0 amide bonds. The highest BCUT2D eigenvalue weighted by Gasteiger charge is 2.08. The third kappa shape index (κ3) is 3.52. The van der Waals surface area contributed by atoms with Gasteiger partial charge < -0.3 is 0 Å². The van der Waals surface area contributed by atoms with Crippen LogP contribution in [-0.4, -0.2) is 22.3 Å². The summed E-state index contributed by atoms with van der Waals surface area (Å²) in [6.07, 6.45) is 2.75. The lowest BCUT2D eigenvalue weighted by Crippen LogP contribution is -1.82. The number of rotatable bonds is 5. The van der Waals surface area contributed by atoms with Gasteiger partial charge in [0.05, 0.1) is 22.3 Å². The van der Waals surface area contributed by atoms with Crippen LogP contribution in [0.4, 0.5) is 10.0 Å². The summed E-state index contributed by atoms with van der Waals surface area (Å²) in [5.74, 6) is 0. The van der Waals surface area contributed by atoms with Gasteiger partial charge in [-0.05, 0) is 0 Å². The summed E-state index contributed by atoms with van der Waals surface area (Å²) in [7, 11) is 0. The van der Waals surface area contributed by atoms with E-state index in [9.17, 15) is 20.2 Å². The normalized spacial score (nSPS) is 11.4. The lowest BCUT2D eigenvalue weighted by molar-refractivity contribution is -0.380. The summed E-state index contributed by atoms with van der Waals surface area (Å²) in [6.45, 7) is 0. The molecule has 2 aromatic rings. The summed E-state index contributed by atoms with van der Waals surface area (Å²) >= 11 is 2.01.